The lowest BCUT2D eigenvalue weighted by Gasteiger charge is -2.04. The summed E-state index contributed by atoms with van der Waals surface area (Å²) >= 11 is 0. The molecule has 0 atom stereocenters. The van der Waals surface area contributed by atoms with E-state index in [1.165, 1.54) is 18.2 Å². The van der Waals surface area contributed by atoms with Crippen LogP contribution in [0, 0.1) is 19.7 Å². The summed E-state index contributed by atoms with van der Waals surface area (Å²) in [6, 6.07) is 15.6. The summed E-state index contributed by atoms with van der Waals surface area (Å²) in [7, 11) is 0. The lowest BCUT2D eigenvalue weighted by molar-refractivity contribution is -0.111. The standard InChI is InChI=1S/C20H18FN3O/c1-14-19(15(2)24(23-14)18-9-4-3-5-10-18)11-12-20(25)22-17-8-6-7-16(21)13-17/h3-13H,1-2H3,(H,22,25)/b12-11+. The maximum absolute atomic E-state index is 13.2. The van der Waals surface area contributed by atoms with E-state index in [9.17, 15) is 9.18 Å². The molecule has 3 rings (SSSR count). The highest BCUT2D eigenvalue weighted by Gasteiger charge is 2.10. The fraction of sp³-hybridized carbons (Fsp3) is 0.100. The molecule has 0 fully saturated rings. The van der Waals surface area contributed by atoms with Crippen LogP contribution in [0.4, 0.5) is 10.1 Å². The first-order valence-corrected chi connectivity index (χ1v) is 7.91. The van der Waals surface area contributed by atoms with E-state index in [1.54, 1.807) is 18.2 Å². The number of rotatable bonds is 4. The van der Waals surface area contributed by atoms with Gasteiger partial charge in [0, 0.05) is 23.0 Å². The number of aromatic nitrogens is 2. The summed E-state index contributed by atoms with van der Waals surface area (Å²) in [5.41, 5.74) is 4.04. The third-order valence-electron chi connectivity index (χ3n) is 3.84. The molecule has 0 saturated carbocycles. The van der Waals surface area contributed by atoms with Gasteiger partial charge < -0.3 is 5.32 Å². The van der Waals surface area contributed by atoms with Crippen LogP contribution in [0.5, 0.6) is 0 Å². The van der Waals surface area contributed by atoms with Crippen LogP contribution in [0.15, 0.2) is 60.7 Å². The molecule has 1 heterocycles. The summed E-state index contributed by atoms with van der Waals surface area (Å²) in [6.07, 6.45) is 3.16. The van der Waals surface area contributed by atoms with Gasteiger partial charge in [-0.05, 0) is 50.3 Å². The fourth-order valence-electron chi connectivity index (χ4n) is 2.63. The smallest absolute Gasteiger partial charge is 0.248 e. The molecule has 0 aliphatic rings. The molecule has 25 heavy (non-hydrogen) atoms. The number of benzene rings is 2. The van der Waals surface area contributed by atoms with Crippen molar-refractivity contribution in [3.8, 4) is 5.69 Å². The Morgan fingerprint density at radius 1 is 1.12 bits per heavy atom. The predicted octanol–water partition coefficient (Wildman–Crippen LogP) is 4.28. The van der Waals surface area contributed by atoms with Gasteiger partial charge in [0.25, 0.3) is 0 Å². The highest BCUT2D eigenvalue weighted by Crippen LogP contribution is 2.19. The van der Waals surface area contributed by atoms with E-state index in [2.05, 4.69) is 10.4 Å². The number of aryl methyl sites for hydroxylation is 1. The van der Waals surface area contributed by atoms with E-state index >= 15 is 0 Å². The molecule has 0 bridgehead atoms. The van der Waals surface area contributed by atoms with Crippen molar-refractivity contribution < 1.29 is 9.18 Å². The molecule has 0 unspecified atom stereocenters. The Labute approximate surface area is 145 Å². The SMILES string of the molecule is Cc1nn(-c2ccccc2)c(C)c1/C=C/C(=O)Nc1cccc(F)c1. The minimum absolute atomic E-state index is 0.322. The van der Waals surface area contributed by atoms with Gasteiger partial charge in [0.2, 0.25) is 5.91 Å². The largest absolute Gasteiger partial charge is 0.322 e. The quantitative estimate of drug-likeness (QED) is 0.723. The summed E-state index contributed by atoms with van der Waals surface area (Å²) in [4.78, 5) is 12.0. The van der Waals surface area contributed by atoms with Crippen molar-refractivity contribution in [1.29, 1.82) is 0 Å². The molecular weight excluding hydrogens is 317 g/mol. The average molecular weight is 335 g/mol. The molecule has 0 aliphatic carbocycles. The highest BCUT2D eigenvalue weighted by molar-refractivity contribution is 6.02. The summed E-state index contributed by atoms with van der Waals surface area (Å²) in [5.74, 6) is -0.713. The molecule has 5 heteroatoms. The molecule has 1 N–H and O–H groups in total. The van der Waals surface area contributed by atoms with Gasteiger partial charge in [-0.3, -0.25) is 4.79 Å². The maximum atomic E-state index is 13.2. The van der Waals surface area contributed by atoms with Gasteiger partial charge in [-0.1, -0.05) is 24.3 Å². The summed E-state index contributed by atoms with van der Waals surface area (Å²) in [5, 5.41) is 7.18. The molecule has 3 aromatic rings. The van der Waals surface area contributed by atoms with E-state index in [-0.39, 0.29) is 5.91 Å². The number of nitrogens with zero attached hydrogens (tertiary/aromatic N) is 2. The van der Waals surface area contributed by atoms with Crippen molar-refractivity contribution in [2.45, 2.75) is 13.8 Å². The Balaban J connectivity index is 1.80. The van der Waals surface area contributed by atoms with Crippen LogP contribution >= 0.6 is 0 Å². The van der Waals surface area contributed by atoms with Gasteiger partial charge in [-0.25, -0.2) is 9.07 Å². The second-order valence-corrected chi connectivity index (χ2v) is 5.66. The van der Waals surface area contributed by atoms with Crippen LogP contribution in [0.25, 0.3) is 11.8 Å². The number of amides is 1. The van der Waals surface area contributed by atoms with Crippen LogP contribution in [-0.2, 0) is 4.79 Å². The number of hydrogen-bond donors (Lipinski definition) is 1. The van der Waals surface area contributed by atoms with Crippen molar-refractivity contribution in [2.24, 2.45) is 0 Å². The number of nitrogens with one attached hydrogen (secondary N) is 1. The van der Waals surface area contributed by atoms with Crippen LogP contribution in [-0.4, -0.2) is 15.7 Å². The number of halogens is 1. The average Bonchev–Trinajstić information content (AvgIpc) is 2.88. The minimum Gasteiger partial charge on any atom is -0.322 e. The Bertz CT molecular complexity index is 929. The Morgan fingerprint density at radius 3 is 2.60 bits per heavy atom. The van der Waals surface area contributed by atoms with Crippen LogP contribution in [0.2, 0.25) is 0 Å². The third kappa shape index (κ3) is 3.83. The lowest BCUT2D eigenvalue weighted by Crippen LogP contribution is -2.07. The zero-order valence-corrected chi connectivity index (χ0v) is 14.0. The van der Waals surface area contributed by atoms with E-state index in [0.29, 0.717) is 5.69 Å². The molecule has 0 spiro atoms. The summed E-state index contributed by atoms with van der Waals surface area (Å²) in [6.45, 7) is 3.85. The fourth-order valence-corrected chi connectivity index (χ4v) is 2.63. The zero-order valence-electron chi connectivity index (χ0n) is 14.0. The first kappa shape index (κ1) is 16.6. The Hall–Kier alpha value is -3.21. The van der Waals surface area contributed by atoms with Gasteiger partial charge >= 0.3 is 0 Å². The lowest BCUT2D eigenvalue weighted by atomic mass is 10.2. The number of para-hydroxylation sites is 1. The van der Waals surface area contributed by atoms with Crippen LogP contribution in [0.3, 0.4) is 0 Å². The van der Waals surface area contributed by atoms with E-state index in [1.807, 2.05) is 48.9 Å². The molecule has 0 aliphatic heterocycles. The molecule has 126 valence electrons. The van der Waals surface area contributed by atoms with E-state index < -0.39 is 5.82 Å². The molecule has 1 amide bonds. The first-order chi connectivity index (χ1) is 12.0. The Morgan fingerprint density at radius 2 is 1.88 bits per heavy atom. The van der Waals surface area contributed by atoms with Crippen molar-refractivity contribution >= 4 is 17.7 Å². The molecule has 2 aromatic carbocycles. The second kappa shape index (κ2) is 7.13. The second-order valence-electron chi connectivity index (χ2n) is 5.66. The van der Waals surface area contributed by atoms with Gasteiger partial charge in [-0.15, -0.1) is 0 Å². The Kier molecular flexibility index (Phi) is 4.75. The van der Waals surface area contributed by atoms with Gasteiger partial charge in [0.05, 0.1) is 11.4 Å². The molecule has 1 aromatic heterocycles. The van der Waals surface area contributed by atoms with Crippen molar-refractivity contribution in [3.63, 3.8) is 0 Å². The molecule has 0 saturated heterocycles. The first-order valence-electron chi connectivity index (χ1n) is 7.91. The van der Waals surface area contributed by atoms with Crippen molar-refractivity contribution in [2.75, 3.05) is 5.32 Å². The number of hydrogen-bond acceptors (Lipinski definition) is 2. The molecule has 4 nitrogen and oxygen atoms in total. The van der Waals surface area contributed by atoms with E-state index in [4.69, 9.17) is 0 Å². The topological polar surface area (TPSA) is 46.9 Å². The predicted molar refractivity (Wildman–Crippen MR) is 97.1 cm³/mol. The maximum Gasteiger partial charge on any atom is 0.248 e. The normalized spacial score (nSPS) is 11.0. The van der Waals surface area contributed by atoms with E-state index in [0.717, 1.165) is 22.6 Å². The minimum atomic E-state index is -0.391. The van der Waals surface area contributed by atoms with Crippen molar-refractivity contribution in [1.82, 2.24) is 9.78 Å². The third-order valence-corrected chi connectivity index (χ3v) is 3.84. The monoisotopic (exact) mass is 335 g/mol. The number of anilines is 1. The zero-order chi connectivity index (χ0) is 17.8. The van der Waals surface area contributed by atoms with Gasteiger partial charge in [-0.2, -0.15) is 5.10 Å². The highest BCUT2D eigenvalue weighted by atomic mass is 19.1. The number of carbonyl (C=O) groups excluding carboxylic acids is 1. The number of carbonyl (C=O) groups is 1. The van der Waals surface area contributed by atoms with Crippen molar-refractivity contribution in [3.05, 3.63) is 83.4 Å². The van der Waals surface area contributed by atoms with Crippen LogP contribution < -0.4 is 5.32 Å². The van der Waals surface area contributed by atoms with Crippen LogP contribution in [0.1, 0.15) is 17.0 Å². The molecule has 0 radical (unpaired) electrons. The van der Waals surface area contributed by atoms with Gasteiger partial charge in [0.15, 0.2) is 0 Å². The molecular formula is C20H18FN3O. The van der Waals surface area contributed by atoms with Gasteiger partial charge in [0.1, 0.15) is 5.82 Å². The summed E-state index contributed by atoms with van der Waals surface area (Å²) < 4.78 is 15.0.